The van der Waals surface area contributed by atoms with Crippen LogP contribution in [0.5, 0.6) is 0 Å². The first kappa shape index (κ1) is 17.5. The quantitative estimate of drug-likeness (QED) is 0.317. The SMILES string of the molecule is CCC(C)CCCCNCS(=O)[O-].[Na+]. The standard InChI is InChI=1S/C9H21NO2S.Na/c1-3-9(2)6-4-5-7-10-8-13(11)12;/h9-10H,3-8H2,1-2H3,(H,11,12);/q;+1/p-1. The van der Waals surface area contributed by atoms with E-state index in [0.717, 1.165) is 18.9 Å². The molecular weight excluding hydrogens is 209 g/mol. The normalized spacial score (nSPS) is 14.5. The number of unbranched alkanes of at least 4 members (excludes halogenated alkanes) is 1. The minimum Gasteiger partial charge on any atom is -0.771 e. The zero-order valence-corrected chi connectivity index (χ0v) is 12.4. The molecule has 1 N–H and O–H groups in total. The molecule has 0 fully saturated rings. The van der Waals surface area contributed by atoms with Crippen molar-refractivity contribution in [1.82, 2.24) is 5.32 Å². The van der Waals surface area contributed by atoms with E-state index in [1.54, 1.807) is 0 Å². The van der Waals surface area contributed by atoms with Gasteiger partial charge in [0.1, 0.15) is 0 Å². The van der Waals surface area contributed by atoms with E-state index in [1.165, 1.54) is 19.3 Å². The van der Waals surface area contributed by atoms with Gasteiger partial charge in [0.15, 0.2) is 0 Å². The maximum absolute atomic E-state index is 10.1. The molecule has 0 aromatic carbocycles. The van der Waals surface area contributed by atoms with Crippen LogP contribution in [0.1, 0.15) is 39.5 Å². The van der Waals surface area contributed by atoms with Crippen LogP contribution in [0.15, 0.2) is 0 Å². The van der Waals surface area contributed by atoms with Crippen LogP contribution >= 0.6 is 0 Å². The first-order chi connectivity index (χ1) is 6.16. The van der Waals surface area contributed by atoms with E-state index in [4.69, 9.17) is 0 Å². The van der Waals surface area contributed by atoms with E-state index < -0.39 is 11.1 Å². The number of hydrogen-bond acceptors (Lipinski definition) is 3. The third kappa shape index (κ3) is 13.1. The average Bonchev–Trinajstić information content (AvgIpc) is 2.10. The summed E-state index contributed by atoms with van der Waals surface area (Å²) in [5.74, 6) is 0.886. The Balaban J connectivity index is 0. The minimum absolute atomic E-state index is 0. The summed E-state index contributed by atoms with van der Waals surface area (Å²) in [6, 6.07) is 0. The van der Waals surface area contributed by atoms with Gasteiger partial charge in [-0.05, 0) is 30.0 Å². The maximum atomic E-state index is 10.1. The first-order valence-corrected chi connectivity index (χ1v) is 6.17. The fourth-order valence-electron chi connectivity index (χ4n) is 1.10. The first-order valence-electron chi connectivity index (χ1n) is 4.93. The molecular formula is C9H20NNaO2S. The molecule has 2 atom stereocenters. The Labute approximate surface area is 112 Å². The van der Waals surface area contributed by atoms with E-state index in [2.05, 4.69) is 19.2 Å². The van der Waals surface area contributed by atoms with E-state index in [-0.39, 0.29) is 35.4 Å². The van der Waals surface area contributed by atoms with Crippen molar-refractivity contribution in [2.24, 2.45) is 5.92 Å². The summed E-state index contributed by atoms with van der Waals surface area (Å²) in [5.41, 5.74) is 0. The third-order valence-corrected chi connectivity index (χ3v) is 2.66. The van der Waals surface area contributed by atoms with Crippen molar-refractivity contribution in [2.45, 2.75) is 39.5 Å². The zero-order chi connectivity index (χ0) is 10.1. The van der Waals surface area contributed by atoms with Gasteiger partial charge in [0, 0.05) is 0 Å². The van der Waals surface area contributed by atoms with Crippen molar-refractivity contribution in [1.29, 1.82) is 0 Å². The van der Waals surface area contributed by atoms with Gasteiger partial charge in [-0.3, -0.25) is 4.21 Å². The van der Waals surface area contributed by atoms with Crippen LogP contribution in [0.25, 0.3) is 0 Å². The van der Waals surface area contributed by atoms with Crippen LogP contribution in [-0.2, 0) is 11.1 Å². The molecule has 0 aliphatic carbocycles. The Morgan fingerprint density at radius 3 is 2.57 bits per heavy atom. The molecule has 0 aromatic heterocycles. The summed E-state index contributed by atoms with van der Waals surface area (Å²) in [6.07, 6.45) is 4.74. The fourth-order valence-corrected chi connectivity index (χ4v) is 1.41. The molecule has 14 heavy (non-hydrogen) atoms. The molecule has 0 rings (SSSR count). The van der Waals surface area contributed by atoms with Gasteiger partial charge in [0.05, 0.1) is 5.88 Å². The molecule has 2 unspecified atom stereocenters. The molecule has 0 amide bonds. The second-order valence-electron chi connectivity index (χ2n) is 3.46. The molecule has 3 nitrogen and oxygen atoms in total. The predicted octanol–water partition coefficient (Wildman–Crippen LogP) is -1.37. The molecule has 0 radical (unpaired) electrons. The molecule has 0 aliphatic heterocycles. The van der Waals surface area contributed by atoms with Gasteiger partial charge < -0.3 is 9.87 Å². The Bertz CT molecular complexity index is 147. The Hall–Kier alpha value is 1.07. The summed E-state index contributed by atoms with van der Waals surface area (Å²) in [5, 5.41) is 2.86. The number of rotatable bonds is 8. The van der Waals surface area contributed by atoms with Gasteiger partial charge in [0.2, 0.25) is 0 Å². The van der Waals surface area contributed by atoms with Gasteiger partial charge in [-0.2, -0.15) is 0 Å². The van der Waals surface area contributed by atoms with Crippen LogP contribution in [0.4, 0.5) is 0 Å². The number of nitrogens with one attached hydrogen (secondary N) is 1. The molecule has 0 spiro atoms. The van der Waals surface area contributed by atoms with Gasteiger partial charge >= 0.3 is 29.6 Å². The zero-order valence-electron chi connectivity index (χ0n) is 9.54. The monoisotopic (exact) mass is 229 g/mol. The van der Waals surface area contributed by atoms with Crippen LogP contribution in [-0.4, -0.2) is 21.2 Å². The Morgan fingerprint density at radius 2 is 2.07 bits per heavy atom. The van der Waals surface area contributed by atoms with Crippen LogP contribution < -0.4 is 34.9 Å². The van der Waals surface area contributed by atoms with E-state index in [9.17, 15) is 8.76 Å². The number of hydrogen-bond donors (Lipinski definition) is 1. The van der Waals surface area contributed by atoms with E-state index in [1.807, 2.05) is 0 Å². The van der Waals surface area contributed by atoms with E-state index in [0.29, 0.717) is 0 Å². The smallest absolute Gasteiger partial charge is 0.771 e. The van der Waals surface area contributed by atoms with Crippen molar-refractivity contribution in [2.75, 3.05) is 12.4 Å². The van der Waals surface area contributed by atoms with E-state index >= 15 is 0 Å². The topological polar surface area (TPSA) is 52.2 Å². The molecule has 0 bridgehead atoms. The largest absolute Gasteiger partial charge is 1.00 e. The van der Waals surface area contributed by atoms with Crippen molar-refractivity contribution < 1.29 is 38.3 Å². The molecule has 0 saturated carbocycles. The van der Waals surface area contributed by atoms with Gasteiger partial charge in [-0.25, -0.2) is 0 Å². The summed E-state index contributed by atoms with van der Waals surface area (Å²) in [6.45, 7) is 5.26. The van der Waals surface area contributed by atoms with Crippen molar-refractivity contribution >= 4 is 11.1 Å². The molecule has 0 saturated heterocycles. The Morgan fingerprint density at radius 1 is 1.43 bits per heavy atom. The van der Waals surface area contributed by atoms with Crippen LogP contribution in [0, 0.1) is 5.92 Å². The summed E-state index contributed by atoms with van der Waals surface area (Å²) in [7, 11) is 0. The molecule has 80 valence electrons. The predicted molar refractivity (Wildman–Crippen MR) is 55.1 cm³/mol. The van der Waals surface area contributed by atoms with Crippen molar-refractivity contribution in [3.63, 3.8) is 0 Å². The fraction of sp³-hybridized carbons (Fsp3) is 1.00. The summed E-state index contributed by atoms with van der Waals surface area (Å²) in [4.78, 5) is 0. The summed E-state index contributed by atoms with van der Waals surface area (Å²) < 4.78 is 20.2. The average molecular weight is 229 g/mol. The van der Waals surface area contributed by atoms with Crippen molar-refractivity contribution in [3.05, 3.63) is 0 Å². The second kappa shape index (κ2) is 12.1. The molecule has 0 aliphatic rings. The maximum Gasteiger partial charge on any atom is 1.00 e. The molecule has 0 aromatic rings. The van der Waals surface area contributed by atoms with Gasteiger partial charge in [-0.1, -0.05) is 33.1 Å². The van der Waals surface area contributed by atoms with Crippen molar-refractivity contribution in [3.8, 4) is 0 Å². The third-order valence-electron chi connectivity index (χ3n) is 2.22. The molecule has 5 heteroatoms. The van der Waals surface area contributed by atoms with Gasteiger partial charge in [-0.15, -0.1) is 0 Å². The second-order valence-corrected chi connectivity index (χ2v) is 4.35. The summed E-state index contributed by atoms with van der Waals surface area (Å²) >= 11 is -1.94. The van der Waals surface area contributed by atoms with Crippen LogP contribution in [0.3, 0.4) is 0 Å². The Kier molecular flexibility index (Phi) is 15.1. The van der Waals surface area contributed by atoms with Crippen LogP contribution in [0.2, 0.25) is 0 Å². The minimum atomic E-state index is -1.94. The molecule has 0 heterocycles. The van der Waals surface area contributed by atoms with Gasteiger partial charge in [0.25, 0.3) is 0 Å².